The zero-order valence-corrected chi connectivity index (χ0v) is 18.2. The number of esters is 2. The van der Waals surface area contributed by atoms with E-state index in [9.17, 15) is 9.59 Å². The number of carbonyl (C=O) groups excluding carboxylic acids is 2. The van der Waals surface area contributed by atoms with Gasteiger partial charge in [-0.1, -0.05) is 48.5 Å². The van der Waals surface area contributed by atoms with Crippen molar-refractivity contribution in [3.63, 3.8) is 0 Å². The van der Waals surface area contributed by atoms with Gasteiger partial charge in [0.1, 0.15) is 0 Å². The van der Waals surface area contributed by atoms with Gasteiger partial charge in [-0.05, 0) is 56.2 Å². The van der Waals surface area contributed by atoms with Crippen LogP contribution in [0.3, 0.4) is 0 Å². The fourth-order valence-corrected chi connectivity index (χ4v) is 4.80. The number of aryl methyl sites for hydroxylation is 1. The third kappa shape index (κ3) is 4.22. The molecule has 5 nitrogen and oxygen atoms in total. The largest absolute Gasteiger partial charge is 0.465 e. The van der Waals surface area contributed by atoms with Crippen molar-refractivity contribution < 1.29 is 19.1 Å². The fraction of sp³-hybridized carbons (Fsp3) is 0.385. The Hall–Kier alpha value is -3.08. The molecule has 0 spiro atoms. The van der Waals surface area contributed by atoms with Crippen LogP contribution in [0.1, 0.15) is 37.1 Å². The number of para-hydroxylation sites is 1. The quantitative estimate of drug-likeness (QED) is 0.417. The van der Waals surface area contributed by atoms with Crippen molar-refractivity contribution in [1.29, 1.82) is 0 Å². The van der Waals surface area contributed by atoms with Gasteiger partial charge in [0.25, 0.3) is 0 Å². The molecule has 4 rings (SSSR count). The predicted octanol–water partition coefficient (Wildman–Crippen LogP) is 4.54. The van der Waals surface area contributed by atoms with Crippen LogP contribution in [-0.2, 0) is 38.4 Å². The van der Waals surface area contributed by atoms with Crippen LogP contribution >= 0.6 is 0 Å². The van der Waals surface area contributed by atoms with E-state index in [0.29, 0.717) is 6.42 Å². The number of hydrogen-bond donors (Lipinski definition) is 0. The van der Waals surface area contributed by atoms with Crippen molar-refractivity contribution in [2.75, 3.05) is 13.2 Å². The van der Waals surface area contributed by atoms with E-state index in [-0.39, 0.29) is 19.1 Å². The monoisotopic (exact) mass is 419 g/mol. The van der Waals surface area contributed by atoms with E-state index in [0.717, 1.165) is 19.4 Å². The number of aromatic nitrogens is 1. The molecule has 0 fully saturated rings. The predicted molar refractivity (Wildman–Crippen MR) is 120 cm³/mol. The molecule has 1 heterocycles. The molecule has 0 N–H and O–H groups in total. The van der Waals surface area contributed by atoms with Crippen LogP contribution in [0, 0.1) is 11.8 Å². The summed E-state index contributed by atoms with van der Waals surface area (Å²) in [6.07, 6.45) is 2.24. The number of nitrogens with zero attached hydrogens (tertiary/aromatic N) is 1. The smallest absolute Gasteiger partial charge is 0.320 e. The third-order valence-corrected chi connectivity index (χ3v) is 6.15. The second-order valence-corrected chi connectivity index (χ2v) is 8.00. The maximum atomic E-state index is 12.7. The minimum Gasteiger partial charge on any atom is -0.465 e. The van der Waals surface area contributed by atoms with Crippen molar-refractivity contribution >= 4 is 22.8 Å². The molecule has 0 radical (unpaired) electrons. The van der Waals surface area contributed by atoms with Gasteiger partial charge in [-0.15, -0.1) is 0 Å². The maximum Gasteiger partial charge on any atom is 0.320 e. The van der Waals surface area contributed by atoms with E-state index in [1.165, 1.54) is 27.7 Å². The summed E-state index contributed by atoms with van der Waals surface area (Å²) < 4.78 is 12.8. The van der Waals surface area contributed by atoms with Crippen molar-refractivity contribution in [2.45, 2.75) is 39.7 Å². The van der Waals surface area contributed by atoms with E-state index in [1.54, 1.807) is 13.8 Å². The van der Waals surface area contributed by atoms with Crippen molar-refractivity contribution in [3.8, 4) is 0 Å². The number of benzene rings is 2. The molecule has 2 aromatic carbocycles. The van der Waals surface area contributed by atoms with Gasteiger partial charge in [-0.25, -0.2) is 0 Å². The highest BCUT2D eigenvalue weighted by Crippen LogP contribution is 2.38. The molecule has 1 aliphatic rings. The Morgan fingerprint density at radius 1 is 0.968 bits per heavy atom. The molecule has 1 atom stereocenters. The topological polar surface area (TPSA) is 57.5 Å². The van der Waals surface area contributed by atoms with E-state index in [2.05, 4.69) is 41.0 Å². The zero-order valence-electron chi connectivity index (χ0n) is 18.2. The van der Waals surface area contributed by atoms with Gasteiger partial charge in [0.05, 0.1) is 13.2 Å². The molecular weight excluding hydrogens is 390 g/mol. The van der Waals surface area contributed by atoms with Crippen LogP contribution < -0.4 is 0 Å². The summed E-state index contributed by atoms with van der Waals surface area (Å²) in [7, 11) is 0. The molecule has 0 saturated carbocycles. The SMILES string of the molecule is CCOC(=O)C(C(=O)OCC)C1CCc2c(n(Cc3ccccc3)c3ccccc23)C1. The lowest BCUT2D eigenvalue weighted by Crippen LogP contribution is -2.37. The summed E-state index contributed by atoms with van der Waals surface area (Å²) in [5, 5.41) is 1.26. The molecule has 0 amide bonds. The molecular formula is C26H29NO4. The van der Waals surface area contributed by atoms with Crippen LogP contribution in [0.25, 0.3) is 10.9 Å². The Morgan fingerprint density at radius 3 is 2.29 bits per heavy atom. The number of hydrogen-bond acceptors (Lipinski definition) is 4. The second-order valence-electron chi connectivity index (χ2n) is 8.00. The van der Waals surface area contributed by atoms with Gasteiger partial charge in [-0.2, -0.15) is 0 Å². The first kappa shape index (κ1) is 21.2. The maximum absolute atomic E-state index is 12.7. The number of rotatable bonds is 7. The van der Waals surface area contributed by atoms with E-state index >= 15 is 0 Å². The summed E-state index contributed by atoms with van der Waals surface area (Å²) in [5.74, 6) is -1.96. The summed E-state index contributed by atoms with van der Waals surface area (Å²) in [6, 6.07) is 18.8. The first-order valence-electron chi connectivity index (χ1n) is 11.1. The molecule has 3 aromatic rings. The third-order valence-electron chi connectivity index (χ3n) is 6.15. The first-order chi connectivity index (χ1) is 15.1. The number of fused-ring (bicyclic) bond motifs is 3. The average molecular weight is 420 g/mol. The summed E-state index contributed by atoms with van der Waals surface area (Å²) in [4.78, 5) is 25.4. The molecule has 0 saturated heterocycles. The zero-order chi connectivity index (χ0) is 21.8. The normalized spacial score (nSPS) is 15.6. The first-order valence-corrected chi connectivity index (χ1v) is 11.1. The average Bonchev–Trinajstić information content (AvgIpc) is 3.08. The Labute approximate surface area is 183 Å². The summed E-state index contributed by atoms with van der Waals surface area (Å²) in [5.41, 5.74) is 4.95. The van der Waals surface area contributed by atoms with Crippen LogP contribution in [0.2, 0.25) is 0 Å². The minimum absolute atomic E-state index is 0.135. The Balaban J connectivity index is 1.73. The summed E-state index contributed by atoms with van der Waals surface area (Å²) in [6.45, 7) is 4.78. The number of carbonyl (C=O) groups is 2. The number of ether oxygens (including phenoxy) is 2. The van der Waals surface area contributed by atoms with Crippen LogP contribution in [0.4, 0.5) is 0 Å². The van der Waals surface area contributed by atoms with Crippen molar-refractivity contribution in [1.82, 2.24) is 4.57 Å². The van der Waals surface area contributed by atoms with Gasteiger partial charge in [0.15, 0.2) is 5.92 Å². The lowest BCUT2D eigenvalue weighted by Gasteiger charge is -2.29. The molecule has 0 bridgehead atoms. The molecule has 5 heteroatoms. The van der Waals surface area contributed by atoms with Crippen LogP contribution in [0.5, 0.6) is 0 Å². The van der Waals surface area contributed by atoms with Gasteiger partial charge >= 0.3 is 11.9 Å². The highest BCUT2D eigenvalue weighted by Gasteiger charge is 2.40. The Morgan fingerprint density at radius 2 is 1.61 bits per heavy atom. The molecule has 0 aliphatic heterocycles. The van der Waals surface area contributed by atoms with Gasteiger partial charge < -0.3 is 14.0 Å². The Bertz CT molecular complexity index is 1050. The summed E-state index contributed by atoms with van der Waals surface area (Å²) >= 11 is 0. The lowest BCUT2D eigenvalue weighted by atomic mass is 9.78. The van der Waals surface area contributed by atoms with Crippen LogP contribution in [-0.4, -0.2) is 29.7 Å². The van der Waals surface area contributed by atoms with Crippen molar-refractivity contribution in [2.24, 2.45) is 11.8 Å². The van der Waals surface area contributed by atoms with E-state index < -0.39 is 17.9 Å². The van der Waals surface area contributed by atoms with E-state index in [1.807, 2.05) is 18.2 Å². The van der Waals surface area contributed by atoms with E-state index in [4.69, 9.17) is 9.47 Å². The molecule has 1 unspecified atom stereocenters. The highest BCUT2D eigenvalue weighted by molar-refractivity contribution is 5.95. The van der Waals surface area contributed by atoms with Gasteiger partial charge in [0, 0.05) is 23.1 Å². The molecule has 162 valence electrons. The molecule has 31 heavy (non-hydrogen) atoms. The minimum atomic E-state index is -0.878. The lowest BCUT2D eigenvalue weighted by molar-refractivity contribution is -0.164. The van der Waals surface area contributed by atoms with Crippen LogP contribution in [0.15, 0.2) is 54.6 Å². The standard InChI is InChI=1S/C26H29NO4/c1-3-30-25(28)24(26(29)31-4-2)19-14-15-21-20-12-8-9-13-22(20)27(23(21)16-19)17-18-10-6-5-7-11-18/h5-13,19,24H,3-4,14-17H2,1-2H3. The Kier molecular flexibility index (Phi) is 6.40. The molecule has 1 aromatic heterocycles. The second kappa shape index (κ2) is 9.38. The van der Waals surface area contributed by atoms with Crippen molar-refractivity contribution in [3.05, 3.63) is 71.4 Å². The van der Waals surface area contributed by atoms with Gasteiger partial charge in [0.2, 0.25) is 0 Å². The van der Waals surface area contributed by atoms with Gasteiger partial charge in [-0.3, -0.25) is 9.59 Å². The highest BCUT2D eigenvalue weighted by atomic mass is 16.6. The molecule has 1 aliphatic carbocycles. The fourth-order valence-electron chi connectivity index (χ4n) is 4.80.